The number of hydrogen-bond acceptors (Lipinski definition) is 7. The molecule has 0 unspecified atom stereocenters. The number of phenolic OH excluding ortho intramolecular Hbond substituents is 1. The normalized spacial score (nSPS) is 12.1. The van der Waals surface area contributed by atoms with Gasteiger partial charge in [-0.3, -0.25) is 4.57 Å². The van der Waals surface area contributed by atoms with Crippen molar-refractivity contribution in [2.75, 3.05) is 5.32 Å². The van der Waals surface area contributed by atoms with Gasteiger partial charge in [-0.2, -0.15) is 18.3 Å². The third-order valence-corrected chi connectivity index (χ3v) is 5.84. The van der Waals surface area contributed by atoms with Gasteiger partial charge in [0.2, 0.25) is 5.95 Å². The highest BCUT2D eigenvalue weighted by molar-refractivity contribution is 7.60. The molecule has 0 bridgehead atoms. The average molecular weight is 515 g/mol. The fourth-order valence-corrected chi connectivity index (χ4v) is 3.81. The number of anilines is 2. The van der Waals surface area contributed by atoms with E-state index in [2.05, 4.69) is 25.5 Å². The van der Waals surface area contributed by atoms with Crippen LogP contribution in [0.15, 0.2) is 89.2 Å². The van der Waals surface area contributed by atoms with Crippen LogP contribution >= 0.6 is 7.60 Å². The van der Waals surface area contributed by atoms with E-state index in [4.69, 9.17) is 0 Å². The van der Waals surface area contributed by atoms with Crippen molar-refractivity contribution in [2.24, 2.45) is 10.2 Å². The first-order valence-corrected chi connectivity index (χ1v) is 11.8. The number of rotatable bonds is 6. The minimum absolute atomic E-state index is 0.105. The van der Waals surface area contributed by atoms with Crippen molar-refractivity contribution >= 4 is 35.9 Å². The molecule has 0 spiro atoms. The number of azo groups is 1. The van der Waals surface area contributed by atoms with Crippen molar-refractivity contribution in [3.63, 3.8) is 0 Å². The number of hydrogen-bond donors (Lipinski definition) is 4. The van der Waals surface area contributed by atoms with Crippen LogP contribution in [0.5, 0.6) is 5.75 Å². The molecule has 36 heavy (non-hydrogen) atoms. The second-order valence-corrected chi connectivity index (χ2v) is 8.97. The number of aromatic nitrogens is 2. The Morgan fingerprint density at radius 2 is 1.64 bits per heavy atom. The standard InChI is InChI=1S/C23H17F3N5O4P/c24-23(25,26)14-5-7-15(8-6-14)28-22-27-12-11-18(29-22)17-3-1-2-4-19(17)31-30-16-9-10-20(32)21(13-16)36(33,34)35/h1-13,32H,(H,27,28,29)(H2,33,34,35). The number of alkyl halides is 3. The lowest BCUT2D eigenvalue weighted by Gasteiger charge is -2.10. The molecule has 0 saturated carbocycles. The fourth-order valence-electron chi connectivity index (χ4n) is 3.14. The summed E-state index contributed by atoms with van der Waals surface area (Å²) >= 11 is 0. The summed E-state index contributed by atoms with van der Waals surface area (Å²) in [6, 6.07) is 16.4. The number of halogens is 3. The maximum atomic E-state index is 12.8. The van der Waals surface area contributed by atoms with Crippen LogP contribution < -0.4 is 10.6 Å². The van der Waals surface area contributed by atoms with Gasteiger partial charge in [-0.05, 0) is 54.6 Å². The third kappa shape index (κ3) is 5.92. The smallest absolute Gasteiger partial charge is 0.416 e. The lowest BCUT2D eigenvalue weighted by Crippen LogP contribution is -2.04. The van der Waals surface area contributed by atoms with Gasteiger partial charge in [0.05, 0.1) is 22.6 Å². The molecule has 0 radical (unpaired) electrons. The van der Waals surface area contributed by atoms with Crippen LogP contribution in [-0.2, 0) is 10.7 Å². The highest BCUT2D eigenvalue weighted by Crippen LogP contribution is 2.39. The number of phenols is 1. The molecule has 4 aromatic rings. The fraction of sp³-hybridized carbons (Fsp3) is 0.0435. The highest BCUT2D eigenvalue weighted by atomic mass is 31.2. The van der Waals surface area contributed by atoms with E-state index in [0.717, 1.165) is 24.3 Å². The Morgan fingerprint density at radius 1 is 0.917 bits per heavy atom. The van der Waals surface area contributed by atoms with Gasteiger partial charge in [0.15, 0.2) is 0 Å². The van der Waals surface area contributed by atoms with Gasteiger partial charge in [-0.1, -0.05) is 18.2 Å². The van der Waals surface area contributed by atoms with Crippen LogP contribution in [0.3, 0.4) is 0 Å². The molecule has 0 aliphatic rings. The number of aromatic hydroxyl groups is 1. The van der Waals surface area contributed by atoms with Gasteiger partial charge in [-0.15, -0.1) is 5.11 Å². The highest BCUT2D eigenvalue weighted by Gasteiger charge is 2.30. The van der Waals surface area contributed by atoms with Crippen LogP contribution in [0.1, 0.15) is 5.56 Å². The molecule has 3 aromatic carbocycles. The minimum atomic E-state index is -4.71. The molecule has 0 aliphatic heterocycles. The maximum Gasteiger partial charge on any atom is 0.416 e. The SMILES string of the molecule is O=P(O)(O)c1cc(N=Nc2ccccc2-c2ccnc(Nc3ccc(C(F)(F)F)cc3)n2)ccc1O. The second-order valence-electron chi connectivity index (χ2n) is 7.40. The second kappa shape index (κ2) is 9.86. The molecular formula is C23H17F3N5O4P. The van der Waals surface area contributed by atoms with Crippen molar-refractivity contribution in [1.82, 2.24) is 9.97 Å². The molecule has 0 atom stereocenters. The first-order chi connectivity index (χ1) is 17.0. The summed E-state index contributed by atoms with van der Waals surface area (Å²) in [6.45, 7) is 0. The van der Waals surface area contributed by atoms with Crippen molar-refractivity contribution in [2.45, 2.75) is 6.18 Å². The third-order valence-electron chi connectivity index (χ3n) is 4.85. The summed E-state index contributed by atoms with van der Waals surface area (Å²) < 4.78 is 49.9. The van der Waals surface area contributed by atoms with Crippen molar-refractivity contribution < 1.29 is 32.6 Å². The van der Waals surface area contributed by atoms with Crippen molar-refractivity contribution in [3.8, 4) is 17.0 Å². The van der Waals surface area contributed by atoms with Crippen LogP contribution in [0.2, 0.25) is 0 Å². The monoisotopic (exact) mass is 515 g/mol. The molecule has 4 rings (SSSR count). The largest absolute Gasteiger partial charge is 0.507 e. The zero-order valence-electron chi connectivity index (χ0n) is 18.1. The zero-order valence-corrected chi connectivity index (χ0v) is 19.0. The van der Waals surface area contributed by atoms with Gasteiger partial charge < -0.3 is 20.2 Å². The van der Waals surface area contributed by atoms with Crippen LogP contribution in [-0.4, -0.2) is 24.9 Å². The summed E-state index contributed by atoms with van der Waals surface area (Å²) in [5.74, 6) is -0.416. The molecule has 0 aliphatic carbocycles. The molecule has 0 amide bonds. The Labute approximate surface area is 202 Å². The summed E-state index contributed by atoms with van der Waals surface area (Å²) in [7, 11) is -4.71. The predicted octanol–water partition coefficient (Wildman–Crippen LogP) is 5.83. The molecule has 1 aromatic heterocycles. The first-order valence-electron chi connectivity index (χ1n) is 10.2. The molecule has 184 valence electrons. The van der Waals surface area contributed by atoms with Gasteiger partial charge in [0.1, 0.15) is 11.1 Å². The molecular weight excluding hydrogens is 498 g/mol. The molecule has 0 saturated heterocycles. The van der Waals surface area contributed by atoms with E-state index in [1.807, 2.05) is 0 Å². The van der Waals surface area contributed by atoms with Crippen LogP contribution in [0.4, 0.5) is 36.2 Å². The maximum absolute atomic E-state index is 12.8. The Bertz CT molecular complexity index is 1470. The number of benzene rings is 3. The predicted molar refractivity (Wildman–Crippen MR) is 126 cm³/mol. The van der Waals surface area contributed by atoms with E-state index >= 15 is 0 Å². The van der Waals surface area contributed by atoms with Crippen molar-refractivity contribution in [3.05, 3.63) is 84.6 Å². The number of nitrogens with one attached hydrogen (secondary N) is 1. The zero-order chi connectivity index (χ0) is 25.9. The molecule has 0 fully saturated rings. The van der Waals surface area contributed by atoms with E-state index < -0.39 is 30.4 Å². The number of nitrogens with zero attached hydrogens (tertiary/aromatic N) is 4. The van der Waals surface area contributed by atoms with E-state index in [1.165, 1.54) is 24.4 Å². The average Bonchev–Trinajstić information content (AvgIpc) is 2.83. The molecule has 1 heterocycles. The molecule has 13 heteroatoms. The quantitative estimate of drug-likeness (QED) is 0.187. The lowest BCUT2D eigenvalue weighted by atomic mass is 10.1. The Balaban J connectivity index is 1.60. The summed E-state index contributed by atoms with van der Waals surface area (Å²) in [6.07, 6.45) is -2.97. The van der Waals surface area contributed by atoms with E-state index in [0.29, 0.717) is 22.6 Å². The topological polar surface area (TPSA) is 140 Å². The van der Waals surface area contributed by atoms with E-state index in [9.17, 15) is 32.6 Å². The van der Waals surface area contributed by atoms with Crippen molar-refractivity contribution in [1.29, 1.82) is 0 Å². The summed E-state index contributed by atoms with van der Waals surface area (Å²) in [5.41, 5.74) is 1.06. The van der Waals surface area contributed by atoms with Gasteiger partial charge in [0, 0.05) is 17.4 Å². The Kier molecular flexibility index (Phi) is 6.84. The Morgan fingerprint density at radius 3 is 2.33 bits per heavy atom. The Hall–Kier alpha value is -4.12. The summed E-state index contributed by atoms with van der Waals surface area (Å²) in [4.78, 5) is 27.2. The van der Waals surface area contributed by atoms with Gasteiger partial charge in [0.25, 0.3) is 0 Å². The minimum Gasteiger partial charge on any atom is -0.507 e. The lowest BCUT2D eigenvalue weighted by molar-refractivity contribution is -0.137. The van der Waals surface area contributed by atoms with Gasteiger partial charge in [-0.25, -0.2) is 9.97 Å². The molecule has 9 nitrogen and oxygen atoms in total. The van der Waals surface area contributed by atoms with Crippen LogP contribution in [0, 0.1) is 0 Å². The van der Waals surface area contributed by atoms with E-state index in [-0.39, 0.29) is 11.6 Å². The first kappa shape index (κ1) is 25.0. The van der Waals surface area contributed by atoms with E-state index in [1.54, 1.807) is 30.3 Å². The van der Waals surface area contributed by atoms with Crippen LogP contribution in [0.25, 0.3) is 11.3 Å². The molecule has 4 N–H and O–H groups in total. The summed E-state index contributed by atoms with van der Waals surface area (Å²) in [5, 5.41) is 20.2. The van der Waals surface area contributed by atoms with Gasteiger partial charge >= 0.3 is 13.8 Å².